The Bertz CT molecular complexity index is 1570. The number of phenols is 1. The van der Waals surface area contributed by atoms with Crippen LogP contribution in [0.2, 0.25) is 5.02 Å². The third-order valence-electron chi connectivity index (χ3n) is 6.94. The van der Waals surface area contributed by atoms with Crippen LogP contribution in [0.15, 0.2) is 88.5 Å². The van der Waals surface area contributed by atoms with Gasteiger partial charge in [0.05, 0.1) is 11.6 Å². The van der Waals surface area contributed by atoms with Crippen molar-refractivity contribution in [2.45, 2.75) is 18.9 Å². The van der Waals surface area contributed by atoms with Gasteiger partial charge in [0.1, 0.15) is 11.3 Å². The molecule has 3 heterocycles. The molecule has 2 aliphatic heterocycles. The number of ketones is 1. The number of aromatic hydroxyl groups is 1. The molecule has 0 spiro atoms. The standard InChI is InChI=1S/C29H23ClN2O5/c30-19-6-11-23-18(14-19)16-24(37-23)27(34)25-26(17-4-3-5-22(33)15-17)32(29(36)28(25)35)21-9-7-20(8-10-21)31-12-1-2-13-31/h3-11,14-16,26,33,35H,1-2,12-13H2. The van der Waals surface area contributed by atoms with Crippen LogP contribution in [-0.4, -0.2) is 35.0 Å². The first-order valence-corrected chi connectivity index (χ1v) is 12.4. The number of carbonyl (C=O) groups is 2. The van der Waals surface area contributed by atoms with Gasteiger partial charge in [-0.2, -0.15) is 0 Å². The molecular weight excluding hydrogens is 492 g/mol. The van der Waals surface area contributed by atoms with Crippen LogP contribution in [0.3, 0.4) is 0 Å². The molecule has 0 bridgehead atoms. The molecule has 0 saturated carbocycles. The van der Waals surface area contributed by atoms with Crippen molar-refractivity contribution < 1.29 is 24.2 Å². The minimum Gasteiger partial charge on any atom is -0.508 e. The van der Waals surface area contributed by atoms with E-state index < -0.39 is 23.5 Å². The molecule has 0 radical (unpaired) electrons. The quantitative estimate of drug-likeness (QED) is 0.309. The Morgan fingerprint density at radius 3 is 2.38 bits per heavy atom. The molecule has 1 amide bonds. The Morgan fingerprint density at radius 2 is 1.65 bits per heavy atom. The van der Waals surface area contributed by atoms with Crippen LogP contribution in [0.4, 0.5) is 11.4 Å². The predicted molar refractivity (Wildman–Crippen MR) is 141 cm³/mol. The molecule has 186 valence electrons. The minimum atomic E-state index is -0.971. The fourth-order valence-corrected chi connectivity index (χ4v) is 5.35. The lowest BCUT2D eigenvalue weighted by molar-refractivity contribution is -0.117. The number of fused-ring (bicyclic) bond motifs is 1. The van der Waals surface area contributed by atoms with E-state index in [0.717, 1.165) is 31.6 Å². The van der Waals surface area contributed by atoms with Crippen LogP contribution in [0.25, 0.3) is 11.0 Å². The summed E-state index contributed by atoms with van der Waals surface area (Å²) in [5, 5.41) is 22.3. The largest absolute Gasteiger partial charge is 0.508 e. The van der Waals surface area contributed by atoms with Gasteiger partial charge in [-0.15, -0.1) is 0 Å². The number of carbonyl (C=O) groups excluding carboxylic acids is 2. The fourth-order valence-electron chi connectivity index (χ4n) is 5.17. The monoisotopic (exact) mass is 514 g/mol. The summed E-state index contributed by atoms with van der Waals surface area (Å²) in [6.07, 6.45) is 2.28. The maximum Gasteiger partial charge on any atom is 0.294 e. The van der Waals surface area contributed by atoms with Crippen molar-refractivity contribution >= 4 is 45.6 Å². The van der Waals surface area contributed by atoms with Gasteiger partial charge in [0.15, 0.2) is 11.5 Å². The molecular formula is C29H23ClN2O5. The summed E-state index contributed by atoms with van der Waals surface area (Å²) in [6, 6.07) is 19.4. The smallest absolute Gasteiger partial charge is 0.294 e. The van der Waals surface area contributed by atoms with E-state index in [1.807, 2.05) is 24.3 Å². The first kappa shape index (κ1) is 23.2. The lowest BCUT2D eigenvalue weighted by Crippen LogP contribution is -2.31. The van der Waals surface area contributed by atoms with Gasteiger partial charge in [0.2, 0.25) is 5.78 Å². The van der Waals surface area contributed by atoms with Gasteiger partial charge in [-0.05, 0) is 79.1 Å². The highest BCUT2D eigenvalue weighted by Crippen LogP contribution is 2.43. The Hall–Kier alpha value is -4.23. The van der Waals surface area contributed by atoms with Crippen LogP contribution in [-0.2, 0) is 4.79 Å². The number of nitrogens with zero attached hydrogens (tertiary/aromatic N) is 2. The van der Waals surface area contributed by atoms with Crippen LogP contribution < -0.4 is 9.80 Å². The lowest BCUT2D eigenvalue weighted by atomic mass is 9.94. The second-order valence-corrected chi connectivity index (χ2v) is 9.70. The number of hydrogen-bond donors (Lipinski definition) is 2. The summed E-state index contributed by atoms with van der Waals surface area (Å²) in [5.74, 6) is -2.03. The van der Waals surface area contributed by atoms with E-state index in [1.54, 1.807) is 36.4 Å². The summed E-state index contributed by atoms with van der Waals surface area (Å²) in [4.78, 5) is 30.8. The average molecular weight is 515 g/mol. The minimum absolute atomic E-state index is 0.0224. The molecule has 2 N–H and O–H groups in total. The number of rotatable bonds is 5. The van der Waals surface area contributed by atoms with E-state index in [0.29, 0.717) is 27.2 Å². The highest BCUT2D eigenvalue weighted by atomic mass is 35.5. The van der Waals surface area contributed by atoms with Crippen LogP contribution in [0.1, 0.15) is 35.0 Å². The van der Waals surface area contributed by atoms with Crippen molar-refractivity contribution in [2.75, 3.05) is 22.9 Å². The number of halogens is 1. The number of Topliss-reactive ketones (excluding diaryl/α,β-unsaturated/α-hetero) is 1. The number of phenolic OH excluding ortho intramolecular Hbond substituents is 1. The summed E-state index contributed by atoms with van der Waals surface area (Å²) >= 11 is 6.08. The van der Waals surface area contributed by atoms with Gasteiger partial charge in [-0.25, -0.2) is 0 Å². The molecule has 2 aliphatic rings. The van der Waals surface area contributed by atoms with E-state index in [4.69, 9.17) is 16.0 Å². The predicted octanol–water partition coefficient (Wildman–Crippen LogP) is 6.17. The van der Waals surface area contributed by atoms with Crippen molar-refractivity contribution in [3.8, 4) is 5.75 Å². The van der Waals surface area contributed by atoms with Crippen molar-refractivity contribution in [3.05, 3.63) is 100 Å². The zero-order valence-electron chi connectivity index (χ0n) is 19.7. The maximum absolute atomic E-state index is 13.7. The summed E-state index contributed by atoms with van der Waals surface area (Å²) < 4.78 is 5.76. The molecule has 0 aliphatic carbocycles. The summed E-state index contributed by atoms with van der Waals surface area (Å²) in [7, 11) is 0. The van der Waals surface area contributed by atoms with E-state index in [2.05, 4.69) is 4.90 Å². The summed E-state index contributed by atoms with van der Waals surface area (Å²) in [6.45, 7) is 1.97. The molecule has 1 aromatic heterocycles. The third-order valence-corrected chi connectivity index (χ3v) is 7.18. The van der Waals surface area contributed by atoms with E-state index >= 15 is 0 Å². The van der Waals surface area contributed by atoms with Crippen molar-refractivity contribution in [1.82, 2.24) is 0 Å². The Morgan fingerprint density at radius 1 is 0.919 bits per heavy atom. The molecule has 1 saturated heterocycles. The van der Waals surface area contributed by atoms with Gasteiger partial charge in [-0.1, -0.05) is 23.7 Å². The second-order valence-electron chi connectivity index (χ2n) is 9.27. The van der Waals surface area contributed by atoms with E-state index in [9.17, 15) is 19.8 Å². The number of aliphatic hydroxyl groups is 1. The fraction of sp³-hybridized carbons (Fsp3) is 0.172. The van der Waals surface area contributed by atoms with Crippen LogP contribution >= 0.6 is 11.6 Å². The van der Waals surface area contributed by atoms with E-state index in [-0.39, 0.29) is 17.1 Å². The third kappa shape index (κ3) is 4.01. The van der Waals surface area contributed by atoms with Gasteiger partial charge in [0, 0.05) is 34.9 Å². The number of amides is 1. The zero-order chi connectivity index (χ0) is 25.7. The molecule has 6 rings (SSSR count). The SMILES string of the molecule is O=C(C1=C(O)C(=O)N(c2ccc(N3CCCC3)cc2)C1c1cccc(O)c1)c1cc2cc(Cl)ccc2o1. The first-order valence-electron chi connectivity index (χ1n) is 12.0. The molecule has 1 fully saturated rings. The molecule has 3 aromatic carbocycles. The Balaban J connectivity index is 1.43. The van der Waals surface area contributed by atoms with Crippen molar-refractivity contribution in [2.24, 2.45) is 0 Å². The topological polar surface area (TPSA) is 94.2 Å². The lowest BCUT2D eigenvalue weighted by Gasteiger charge is -2.27. The number of hydrogen-bond acceptors (Lipinski definition) is 6. The molecule has 37 heavy (non-hydrogen) atoms. The Kier molecular flexibility index (Phi) is 5.65. The first-order chi connectivity index (χ1) is 17.9. The van der Waals surface area contributed by atoms with Gasteiger partial charge in [0.25, 0.3) is 5.91 Å². The average Bonchev–Trinajstić information content (AvgIpc) is 3.63. The van der Waals surface area contributed by atoms with Gasteiger partial charge in [-0.3, -0.25) is 14.5 Å². The number of benzene rings is 3. The number of furan rings is 1. The summed E-state index contributed by atoms with van der Waals surface area (Å²) in [5.41, 5.74) is 2.39. The molecule has 1 unspecified atom stereocenters. The molecule has 8 heteroatoms. The van der Waals surface area contributed by atoms with Crippen LogP contribution in [0, 0.1) is 0 Å². The normalized spacial score (nSPS) is 17.9. The molecule has 1 atom stereocenters. The van der Waals surface area contributed by atoms with E-state index in [1.165, 1.54) is 17.0 Å². The molecule has 4 aromatic rings. The Labute approximate surface area is 217 Å². The van der Waals surface area contributed by atoms with Gasteiger partial charge < -0.3 is 19.5 Å². The van der Waals surface area contributed by atoms with Crippen molar-refractivity contribution in [3.63, 3.8) is 0 Å². The maximum atomic E-state index is 13.7. The highest BCUT2D eigenvalue weighted by Gasteiger charge is 2.45. The number of aliphatic hydroxyl groups excluding tert-OH is 1. The second kappa shape index (κ2) is 9.01. The van der Waals surface area contributed by atoms with Crippen LogP contribution in [0.5, 0.6) is 5.75 Å². The van der Waals surface area contributed by atoms with Gasteiger partial charge >= 0.3 is 0 Å². The zero-order valence-corrected chi connectivity index (χ0v) is 20.5. The van der Waals surface area contributed by atoms with Crippen molar-refractivity contribution in [1.29, 1.82) is 0 Å². The number of anilines is 2. The molecule has 7 nitrogen and oxygen atoms in total. The highest BCUT2D eigenvalue weighted by molar-refractivity contribution is 6.31.